The summed E-state index contributed by atoms with van der Waals surface area (Å²) in [6.45, 7) is 0. The molecule has 0 aliphatic rings. The third-order valence-electron chi connectivity index (χ3n) is 2.25. The van der Waals surface area contributed by atoms with Crippen molar-refractivity contribution in [3.63, 3.8) is 0 Å². The lowest BCUT2D eigenvalue weighted by molar-refractivity contribution is 0.254. The minimum Gasteiger partial charge on any atom is -0.307 e. The molecule has 2 rings (SSSR count). The van der Waals surface area contributed by atoms with Crippen LogP contribution < -0.4 is 16.2 Å². The van der Waals surface area contributed by atoms with Crippen LogP contribution in [-0.4, -0.2) is 6.03 Å². The molecule has 0 fully saturated rings. The average Bonchev–Trinajstić information content (AvgIpc) is 2.38. The van der Waals surface area contributed by atoms with E-state index in [1.165, 1.54) is 24.3 Å². The predicted octanol–water partition coefficient (Wildman–Crippen LogP) is 3.63. The lowest BCUT2D eigenvalue weighted by Gasteiger charge is -2.10. The molecule has 0 unspecified atom stereocenters. The number of rotatable bonds is 3. The number of hydrogen-bond donors (Lipinski definition) is 3. The molecule has 0 aliphatic heterocycles. The molecule has 0 atom stereocenters. The zero-order chi connectivity index (χ0) is 13.7. The maximum Gasteiger partial charge on any atom is 0.337 e. The van der Waals surface area contributed by atoms with Crippen molar-refractivity contribution in [1.29, 1.82) is 0 Å². The van der Waals surface area contributed by atoms with E-state index in [-0.39, 0.29) is 5.82 Å². The molecule has 2 aromatic rings. The van der Waals surface area contributed by atoms with Gasteiger partial charge < -0.3 is 5.32 Å². The molecular weight excluding hydrogens is 269 g/mol. The van der Waals surface area contributed by atoms with Gasteiger partial charge in [-0.05, 0) is 42.5 Å². The first kappa shape index (κ1) is 13.2. The van der Waals surface area contributed by atoms with Gasteiger partial charge in [-0.15, -0.1) is 0 Å². The van der Waals surface area contributed by atoms with Crippen LogP contribution in [0.15, 0.2) is 48.5 Å². The van der Waals surface area contributed by atoms with Crippen molar-refractivity contribution in [3.8, 4) is 0 Å². The Morgan fingerprint density at radius 3 is 2.47 bits per heavy atom. The summed E-state index contributed by atoms with van der Waals surface area (Å²) in [4.78, 5) is 11.6. The first-order valence-corrected chi connectivity index (χ1v) is 5.85. The predicted molar refractivity (Wildman–Crippen MR) is 73.6 cm³/mol. The number of halogens is 2. The van der Waals surface area contributed by atoms with Crippen molar-refractivity contribution in [2.75, 3.05) is 10.7 Å². The van der Waals surface area contributed by atoms with Crippen LogP contribution in [0.3, 0.4) is 0 Å². The monoisotopic (exact) mass is 279 g/mol. The van der Waals surface area contributed by atoms with Crippen LogP contribution in [0.25, 0.3) is 0 Å². The summed E-state index contributed by atoms with van der Waals surface area (Å²) in [7, 11) is 0. The smallest absolute Gasteiger partial charge is 0.307 e. The largest absolute Gasteiger partial charge is 0.337 e. The highest BCUT2D eigenvalue weighted by Crippen LogP contribution is 2.14. The van der Waals surface area contributed by atoms with E-state index >= 15 is 0 Å². The van der Waals surface area contributed by atoms with Crippen molar-refractivity contribution >= 4 is 29.0 Å². The first-order chi connectivity index (χ1) is 9.13. The standard InChI is InChI=1S/C13H11ClFN3O/c14-9-2-1-3-12(8-9)16-13(19)18-17-11-6-4-10(15)5-7-11/h1-8,17H,(H2,16,18,19). The Bertz CT molecular complexity index is 574. The minimum absolute atomic E-state index is 0.339. The number of amides is 2. The van der Waals surface area contributed by atoms with Crippen LogP contribution in [0.1, 0.15) is 0 Å². The molecule has 0 spiro atoms. The second-order valence-corrected chi connectivity index (χ2v) is 4.16. The molecule has 0 saturated heterocycles. The number of benzene rings is 2. The quantitative estimate of drug-likeness (QED) is 0.752. The van der Waals surface area contributed by atoms with Gasteiger partial charge in [-0.25, -0.2) is 9.18 Å². The topological polar surface area (TPSA) is 53.2 Å². The molecule has 0 aliphatic carbocycles. The lowest BCUT2D eigenvalue weighted by Crippen LogP contribution is -2.33. The van der Waals surface area contributed by atoms with E-state index in [1.54, 1.807) is 24.3 Å². The Morgan fingerprint density at radius 2 is 1.79 bits per heavy atom. The fraction of sp³-hybridized carbons (Fsp3) is 0. The molecule has 0 heterocycles. The maximum absolute atomic E-state index is 12.7. The van der Waals surface area contributed by atoms with Crippen molar-refractivity contribution in [2.24, 2.45) is 0 Å². The number of hydrazine groups is 1. The van der Waals surface area contributed by atoms with E-state index in [4.69, 9.17) is 11.6 Å². The van der Waals surface area contributed by atoms with Crippen LogP contribution in [0.2, 0.25) is 5.02 Å². The van der Waals surface area contributed by atoms with Crippen LogP contribution >= 0.6 is 11.6 Å². The number of hydrogen-bond acceptors (Lipinski definition) is 2. The Hall–Kier alpha value is -2.27. The summed E-state index contributed by atoms with van der Waals surface area (Å²) in [6, 6.07) is 11.9. The van der Waals surface area contributed by atoms with Crippen LogP contribution in [0.4, 0.5) is 20.6 Å². The van der Waals surface area contributed by atoms with Gasteiger partial charge in [0.05, 0.1) is 5.69 Å². The van der Waals surface area contributed by atoms with Crippen molar-refractivity contribution in [1.82, 2.24) is 5.43 Å². The molecule has 98 valence electrons. The molecule has 19 heavy (non-hydrogen) atoms. The van der Waals surface area contributed by atoms with Crippen molar-refractivity contribution in [3.05, 3.63) is 59.4 Å². The summed E-state index contributed by atoms with van der Waals surface area (Å²) in [6.07, 6.45) is 0. The van der Waals surface area contributed by atoms with Gasteiger partial charge in [-0.2, -0.15) is 0 Å². The van der Waals surface area contributed by atoms with Gasteiger partial charge in [0.2, 0.25) is 0 Å². The molecule has 0 bridgehead atoms. The van der Waals surface area contributed by atoms with E-state index in [2.05, 4.69) is 16.2 Å². The highest BCUT2D eigenvalue weighted by molar-refractivity contribution is 6.30. The van der Waals surface area contributed by atoms with Crippen molar-refractivity contribution in [2.45, 2.75) is 0 Å². The SMILES string of the molecule is O=C(NNc1ccc(F)cc1)Nc1cccc(Cl)c1. The van der Waals surface area contributed by atoms with E-state index in [9.17, 15) is 9.18 Å². The second-order valence-electron chi connectivity index (χ2n) is 3.72. The van der Waals surface area contributed by atoms with E-state index in [0.717, 1.165) is 0 Å². The van der Waals surface area contributed by atoms with Gasteiger partial charge in [0.25, 0.3) is 0 Å². The first-order valence-electron chi connectivity index (χ1n) is 5.47. The van der Waals surface area contributed by atoms with Crippen LogP contribution in [0, 0.1) is 5.82 Å². The number of carbonyl (C=O) groups excluding carboxylic acids is 1. The minimum atomic E-state index is -0.452. The van der Waals surface area contributed by atoms with E-state index in [1.807, 2.05) is 0 Å². The third-order valence-corrected chi connectivity index (χ3v) is 2.48. The fourth-order valence-corrected chi connectivity index (χ4v) is 1.58. The highest BCUT2D eigenvalue weighted by Gasteiger charge is 2.01. The van der Waals surface area contributed by atoms with E-state index < -0.39 is 6.03 Å². The van der Waals surface area contributed by atoms with Gasteiger partial charge in [0, 0.05) is 10.7 Å². The average molecular weight is 280 g/mol. The van der Waals surface area contributed by atoms with Crippen LogP contribution in [0.5, 0.6) is 0 Å². The van der Waals surface area contributed by atoms with E-state index in [0.29, 0.717) is 16.4 Å². The van der Waals surface area contributed by atoms with Gasteiger partial charge >= 0.3 is 6.03 Å². The normalized spacial score (nSPS) is 9.79. The Labute approximate surface area is 114 Å². The Kier molecular flexibility index (Phi) is 4.20. The zero-order valence-electron chi connectivity index (χ0n) is 9.78. The number of carbonyl (C=O) groups is 1. The number of nitrogens with one attached hydrogen (secondary N) is 3. The summed E-state index contributed by atoms with van der Waals surface area (Å²) < 4.78 is 12.7. The van der Waals surface area contributed by atoms with Gasteiger partial charge in [-0.3, -0.25) is 10.9 Å². The summed E-state index contributed by atoms with van der Waals surface area (Å²) in [5.74, 6) is -0.339. The van der Waals surface area contributed by atoms with Crippen molar-refractivity contribution < 1.29 is 9.18 Å². The van der Waals surface area contributed by atoms with Gasteiger partial charge in [0.15, 0.2) is 0 Å². The summed E-state index contributed by atoms with van der Waals surface area (Å²) in [5.41, 5.74) is 6.21. The molecule has 4 nitrogen and oxygen atoms in total. The third kappa shape index (κ3) is 4.15. The van der Waals surface area contributed by atoms with Gasteiger partial charge in [0.1, 0.15) is 5.82 Å². The Morgan fingerprint density at radius 1 is 1.05 bits per heavy atom. The lowest BCUT2D eigenvalue weighted by atomic mass is 10.3. The molecule has 6 heteroatoms. The van der Waals surface area contributed by atoms with Crippen LogP contribution in [-0.2, 0) is 0 Å². The number of anilines is 2. The molecule has 2 amide bonds. The molecule has 0 radical (unpaired) electrons. The summed E-state index contributed by atoms with van der Waals surface area (Å²) in [5, 5.41) is 3.13. The van der Waals surface area contributed by atoms with Gasteiger partial charge in [-0.1, -0.05) is 17.7 Å². The molecular formula is C13H11ClFN3O. The zero-order valence-corrected chi connectivity index (χ0v) is 10.5. The fourth-order valence-electron chi connectivity index (χ4n) is 1.39. The highest BCUT2D eigenvalue weighted by atomic mass is 35.5. The Balaban J connectivity index is 1.86. The maximum atomic E-state index is 12.7. The molecule has 2 aromatic carbocycles. The molecule has 3 N–H and O–H groups in total. The molecule has 0 aromatic heterocycles. The summed E-state index contributed by atoms with van der Waals surface area (Å²) >= 11 is 5.79. The molecule has 0 saturated carbocycles. The second kappa shape index (κ2) is 6.06. The number of urea groups is 1.